The van der Waals surface area contributed by atoms with Crippen LogP contribution in [0.3, 0.4) is 0 Å². The van der Waals surface area contributed by atoms with Crippen LogP contribution in [0.2, 0.25) is 0 Å². The van der Waals surface area contributed by atoms with Gasteiger partial charge in [0.1, 0.15) is 11.2 Å². The highest BCUT2D eigenvalue weighted by molar-refractivity contribution is 5.99. The van der Waals surface area contributed by atoms with E-state index in [1.807, 2.05) is 30.6 Å². The summed E-state index contributed by atoms with van der Waals surface area (Å²) in [5, 5.41) is 11.9. The number of H-pyrrole nitrogens is 2. The fraction of sp³-hybridized carbons (Fsp3) is 0.345. The second kappa shape index (κ2) is 9.77. The Labute approximate surface area is 225 Å². The summed E-state index contributed by atoms with van der Waals surface area (Å²) in [6, 6.07) is 8.02. The minimum Gasteiger partial charge on any atom is -0.367 e. The molecule has 0 radical (unpaired) electrons. The quantitative estimate of drug-likeness (QED) is 0.313. The first-order chi connectivity index (χ1) is 19.1. The fourth-order valence-electron chi connectivity index (χ4n) is 5.79. The summed E-state index contributed by atoms with van der Waals surface area (Å²) < 4.78 is 0. The van der Waals surface area contributed by atoms with Gasteiger partial charge in [-0.25, -0.2) is 4.98 Å². The number of carbonyl (C=O) groups excluding carboxylic acids is 1. The number of rotatable bonds is 5. The van der Waals surface area contributed by atoms with Crippen LogP contribution in [0, 0.1) is 5.92 Å². The lowest BCUT2D eigenvalue weighted by atomic mass is 10.1. The Kier molecular flexibility index (Phi) is 5.96. The number of aromatic nitrogens is 6. The average Bonchev–Trinajstić information content (AvgIpc) is 3.73. The summed E-state index contributed by atoms with van der Waals surface area (Å²) in [4.78, 5) is 34.8. The molecule has 0 spiro atoms. The number of hydrogen-bond donors (Lipinski definition) is 3. The summed E-state index contributed by atoms with van der Waals surface area (Å²) in [5.74, 6) is 0.177. The Morgan fingerprint density at radius 3 is 2.64 bits per heavy atom. The van der Waals surface area contributed by atoms with Gasteiger partial charge in [0.2, 0.25) is 5.91 Å². The van der Waals surface area contributed by atoms with Gasteiger partial charge in [0.05, 0.1) is 52.4 Å². The van der Waals surface area contributed by atoms with Crippen molar-refractivity contribution < 1.29 is 4.79 Å². The number of fused-ring (bicyclic) bond motifs is 2. The lowest BCUT2D eigenvalue weighted by Crippen LogP contribution is -2.44. The van der Waals surface area contributed by atoms with Gasteiger partial charge in [0, 0.05) is 49.2 Å². The standard InChI is InChI=1S/C29H31N9O/c1-37-8-10-38(11-9-37)26-17-31-16-25-21(26)13-24(33-25)28-27-23(35-36-28)7-6-22(34-27)19-12-20(15-30-14-19)32-29(39)18-4-2-3-5-18/h6-7,12-18,33H,2-5,8-11H2,1H3,(H,32,39)(H,35,36). The molecule has 5 aromatic rings. The first-order valence-corrected chi connectivity index (χ1v) is 13.6. The van der Waals surface area contributed by atoms with Crippen LogP contribution in [0.1, 0.15) is 25.7 Å². The lowest BCUT2D eigenvalue weighted by molar-refractivity contribution is -0.119. The van der Waals surface area contributed by atoms with Gasteiger partial charge in [-0.05, 0) is 44.2 Å². The van der Waals surface area contributed by atoms with Crippen molar-refractivity contribution in [3.63, 3.8) is 0 Å². The Bertz CT molecular complexity index is 1660. The third kappa shape index (κ3) is 4.50. The number of amides is 1. The molecule has 39 heavy (non-hydrogen) atoms. The zero-order chi connectivity index (χ0) is 26.3. The van der Waals surface area contributed by atoms with E-state index in [1.165, 1.54) is 0 Å². The Morgan fingerprint density at radius 1 is 0.974 bits per heavy atom. The molecule has 0 bridgehead atoms. The van der Waals surface area contributed by atoms with Crippen molar-refractivity contribution in [2.24, 2.45) is 5.92 Å². The number of nitrogens with zero attached hydrogens (tertiary/aromatic N) is 6. The Hall–Kier alpha value is -4.31. The maximum Gasteiger partial charge on any atom is 0.227 e. The second-order valence-electron chi connectivity index (χ2n) is 10.7. The molecule has 1 amide bonds. The summed E-state index contributed by atoms with van der Waals surface area (Å²) in [7, 11) is 2.16. The van der Waals surface area contributed by atoms with E-state index >= 15 is 0 Å². The number of hydrogen-bond acceptors (Lipinski definition) is 7. The van der Waals surface area contributed by atoms with Crippen LogP contribution >= 0.6 is 0 Å². The minimum absolute atomic E-state index is 0.0798. The summed E-state index contributed by atoms with van der Waals surface area (Å²) in [6.07, 6.45) is 11.4. The molecule has 6 heterocycles. The van der Waals surface area contributed by atoms with E-state index in [2.05, 4.69) is 53.4 Å². The summed E-state index contributed by atoms with van der Waals surface area (Å²) in [5.41, 5.74) is 7.68. The zero-order valence-electron chi connectivity index (χ0n) is 21.9. The number of carbonyl (C=O) groups is 1. The molecule has 3 N–H and O–H groups in total. The average molecular weight is 522 g/mol. The second-order valence-corrected chi connectivity index (χ2v) is 10.7. The topological polar surface area (TPSA) is 119 Å². The van der Waals surface area contributed by atoms with Gasteiger partial charge in [-0.3, -0.25) is 19.9 Å². The smallest absolute Gasteiger partial charge is 0.227 e. The predicted molar refractivity (Wildman–Crippen MR) is 153 cm³/mol. The molecule has 7 rings (SSSR count). The van der Waals surface area contributed by atoms with Crippen molar-refractivity contribution >= 4 is 39.2 Å². The van der Waals surface area contributed by atoms with E-state index in [0.29, 0.717) is 5.69 Å². The molecule has 0 unspecified atom stereocenters. The Balaban J connectivity index is 1.21. The molecule has 1 aliphatic heterocycles. The molecule has 2 fully saturated rings. The SMILES string of the molecule is CN1CCN(c2cncc3[nH]c(-c4n[nH]c5ccc(-c6cncc(NC(=O)C7CCCC7)c6)nc45)cc23)CC1. The van der Waals surface area contributed by atoms with Crippen molar-refractivity contribution in [3.05, 3.63) is 49.1 Å². The van der Waals surface area contributed by atoms with Crippen LogP contribution in [-0.2, 0) is 4.79 Å². The Morgan fingerprint density at radius 2 is 1.79 bits per heavy atom. The molecule has 0 atom stereocenters. The van der Waals surface area contributed by atoms with E-state index < -0.39 is 0 Å². The number of pyridine rings is 3. The van der Waals surface area contributed by atoms with Crippen LogP contribution in [0.15, 0.2) is 49.1 Å². The van der Waals surface area contributed by atoms with Crippen LogP contribution in [0.5, 0.6) is 0 Å². The van der Waals surface area contributed by atoms with Crippen molar-refractivity contribution in [2.75, 3.05) is 43.4 Å². The minimum atomic E-state index is 0.0798. The number of anilines is 2. The van der Waals surface area contributed by atoms with E-state index in [-0.39, 0.29) is 11.8 Å². The van der Waals surface area contributed by atoms with E-state index in [4.69, 9.17) is 4.98 Å². The first-order valence-electron chi connectivity index (χ1n) is 13.6. The number of piperazine rings is 1. The number of aromatic amines is 2. The molecule has 10 heteroatoms. The van der Waals surface area contributed by atoms with E-state index in [9.17, 15) is 4.79 Å². The number of likely N-dealkylation sites (N-methyl/N-ethyl adjacent to an activating group) is 1. The lowest BCUT2D eigenvalue weighted by Gasteiger charge is -2.34. The number of nitrogens with one attached hydrogen (secondary N) is 3. The van der Waals surface area contributed by atoms with Crippen LogP contribution in [-0.4, -0.2) is 74.2 Å². The van der Waals surface area contributed by atoms with Crippen LogP contribution in [0.4, 0.5) is 11.4 Å². The molecule has 5 aromatic heterocycles. The highest BCUT2D eigenvalue weighted by Crippen LogP contribution is 2.34. The van der Waals surface area contributed by atoms with Gasteiger partial charge in [-0.15, -0.1) is 0 Å². The van der Waals surface area contributed by atoms with E-state index in [0.717, 1.165) is 102 Å². The van der Waals surface area contributed by atoms with Crippen molar-refractivity contribution in [1.82, 2.24) is 35.0 Å². The van der Waals surface area contributed by atoms with Crippen LogP contribution in [0.25, 0.3) is 44.6 Å². The van der Waals surface area contributed by atoms with Crippen LogP contribution < -0.4 is 10.2 Å². The fourth-order valence-corrected chi connectivity index (χ4v) is 5.79. The maximum absolute atomic E-state index is 12.6. The zero-order valence-corrected chi connectivity index (χ0v) is 21.9. The summed E-state index contributed by atoms with van der Waals surface area (Å²) >= 11 is 0. The molecule has 1 saturated heterocycles. The molecule has 2 aliphatic rings. The normalized spacial score (nSPS) is 16.9. The van der Waals surface area contributed by atoms with Crippen molar-refractivity contribution in [2.45, 2.75) is 25.7 Å². The first kappa shape index (κ1) is 23.8. The highest BCUT2D eigenvalue weighted by Gasteiger charge is 2.23. The van der Waals surface area contributed by atoms with Gasteiger partial charge in [0.25, 0.3) is 0 Å². The molecular formula is C29H31N9O. The third-order valence-electron chi connectivity index (χ3n) is 8.06. The van der Waals surface area contributed by atoms with Gasteiger partial charge < -0.3 is 20.1 Å². The van der Waals surface area contributed by atoms with Gasteiger partial charge in [-0.1, -0.05) is 12.8 Å². The molecule has 198 valence electrons. The van der Waals surface area contributed by atoms with Crippen molar-refractivity contribution in [3.8, 4) is 22.6 Å². The maximum atomic E-state index is 12.6. The molecular weight excluding hydrogens is 490 g/mol. The molecule has 1 saturated carbocycles. The summed E-state index contributed by atoms with van der Waals surface area (Å²) in [6.45, 7) is 4.01. The monoisotopic (exact) mass is 521 g/mol. The molecule has 0 aromatic carbocycles. The van der Waals surface area contributed by atoms with Gasteiger partial charge in [-0.2, -0.15) is 5.10 Å². The molecule has 1 aliphatic carbocycles. The van der Waals surface area contributed by atoms with E-state index in [1.54, 1.807) is 12.4 Å². The molecule has 10 nitrogen and oxygen atoms in total. The van der Waals surface area contributed by atoms with Crippen molar-refractivity contribution in [1.29, 1.82) is 0 Å². The highest BCUT2D eigenvalue weighted by atomic mass is 16.1. The van der Waals surface area contributed by atoms with Gasteiger partial charge >= 0.3 is 0 Å². The van der Waals surface area contributed by atoms with Gasteiger partial charge in [0.15, 0.2) is 0 Å². The largest absolute Gasteiger partial charge is 0.367 e. The predicted octanol–water partition coefficient (Wildman–Crippen LogP) is 4.44. The third-order valence-corrected chi connectivity index (χ3v) is 8.06.